The van der Waals surface area contributed by atoms with Gasteiger partial charge in [-0.1, -0.05) is 54.9 Å². The number of halogens is 2. The van der Waals surface area contributed by atoms with Crippen LogP contribution < -0.4 is 0 Å². The van der Waals surface area contributed by atoms with Crippen molar-refractivity contribution in [1.82, 2.24) is 4.90 Å². The van der Waals surface area contributed by atoms with Crippen molar-refractivity contribution >= 4 is 40.8 Å². The maximum absolute atomic E-state index is 9.57. The molecule has 0 saturated heterocycles. The molecule has 1 unspecified atom stereocenters. The number of hydrogen-bond acceptors (Lipinski definition) is 4. The first-order chi connectivity index (χ1) is 10.4. The minimum atomic E-state index is -0.366. The molecule has 1 atom stereocenters. The zero-order valence-corrected chi connectivity index (χ0v) is 15.0. The van der Waals surface area contributed by atoms with Gasteiger partial charge in [-0.05, 0) is 24.1 Å². The van der Waals surface area contributed by atoms with Crippen LogP contribution in [0.1, 0.15) is 13.8 Å². The first kappa shape index (κ1) is 17.7. The number of hydrogen-bond donors (Lipinski definition) is 1. The van der Waals surface area contributed by atoms with Crippen molar-refractivity contribution in [2.75, 3.05) is 19.7 Å². The molecule has 0 saturated carbocycles. The van der Waals surface area contributed by atoms with Gasteiger partial charge in [0.1, 0.15) is 17.3 Å². The highest BCUT2D eigenvalue weighted by Gasteiger charge is 2.42. The highest BCUT2D eigenvalue weighted by atomic mass is 35.5. The standard InChI is InChI=1S/C16H20Cl2N2OS/c1-4-5-20-10-16(11(2)3,19-15(20)9-21)22-14-7-12(17)6-13(18)8-14/h4,6-8,11,21H,1,5,9-10H2,2-3H3. The minimum Gasteiger partial charge on any atom is -0.388 e. The summed E-state index contributed by atoms with van der Waals surface area (Å²) in [6.07, 6.45) is 1.82. The Bertz CT molecular complexity index is 571. The molecule has 2 rings (SSSR count). The van der Waals surface area contributed by atoms with Crippen molar-refractivity contribution < 1.29 is 5.11 Å². The lowest BCUT2D eigenvalue weighted by Crippen LogP contribution is -2.38. The lowest BCUT2D eigenvalue weighted by Gasteiger charge is -2.31. The molecular weight excluding hydrogens is 339 g/mol. The fourth-order valence-electron chi connectivity index (χ4n) is 2.43. The normalized spacial score (nSPS) is 21.4. The molecule has 1 N–H and O–H groups in total. The number of thioether (sulfide) groups is 1. The molecule has 6 heteroatoms. The van der Waals surface area contributed by atoms with E-state index in [1.165, 1.54) is 0 Å². The van der Waals surface area contributed by atoms with Gasteiger partial charge in [0.15, 0.2) is 0 Å². The van der Waals surface area contributed by atoms with E-state index in [-0.39, 0.29) is 17.4 Å². The van der Waals surface area contributed by atoms with Crippen LogP contribution in [0.5, 0.6) is 0 Å². The SMILES string of the molecule is C=CCN1CC(Sc2cc(Cl)cc(Cl)c2)(C(C)C)N=C1CO. The average molecular weight is 359 g/mol. The average Bonchev–Trinajstić information content (AvgIpc) is 2.77. The van der Waals surface area contributed by atoms with E-state index < -0.39 is 0 Å². The summed E-state index contributed by atoms with van der Waals surface area (Å²) in [6.45, 7) is 9.37. The first-order valence-electron chi connectivity index (χ1n) is 7.10. The molecule has 0 aliphatic carbocycles. The predicted octanol–water partition coefficient (Wildman–Crippen LogP) is 4.33. The second-order valence-corrected chi connectivity index (χ2v) is 7.82. The maximum Gasteiger partial charge on any atom is 0.132 e. The fraction of sp³-hybridized carbons (Fsp3) is 0.438. The van der Waals surface area contributed by atoms with E-state index in [2.05, 4.69) is 25.3 Å². The van der Waals surface area contributed by atoms with E-state index in [4.69, 9.17) is 28.2 Å². The van der Waals surface area contributed by atoms with Crippen LogP contribution in [0.3, 0.4) is 0 Å². The fourth-order valence-corrected chi connectivity index (χ4v) is 4.47. The molecule has 1 aliphatic heterocycles. The van der Waals surface area contributed by atoms with Crippen LogP contribution in [0.25, 0.3) is 0 Å². The highest BCUT2D eigenvalue weighted by Crippen LogP contribution is 2.44. The van der Waals surface area contributed by atoms with Gasteiger partial charge in [0.2, 0.25) is 0 Å². The van der Waals surface area contributed by atoms with Crippen LogP contribution in [0.2, 0.25) is 10.0 Å². The molecule has 3 nitrogen and oxygen atoms in total. The van der Waals surface area contributed by atoms with Crippen molar-refractivity contribution in [1.29, 1.82) is 0 Å². The Morgan fingerprint density at radius 3 is 2.55 bits per heavy atom. The summed E-state index contributed by atoms with van der Waals surface area (Å²) in [6, 6.07) is 5.51. The smallest absolute Gasteiger partial charge is 0.132 e. The van der Waals surface area contributed by atoms with Crippen molar-refractivity contribution in [2.24, 2.45) is 10.9 Å². The lowest BCUT2D eigenvalue weighted by molar-refractivity contribution is 0.327. The summed E-state index contributed by atoms with van der Waals surface area (Å²) in [4.78, 5) is 7.49. The van der Waals surface area contributed by atoms with Crippen molar-refractivity contribution in [3.05, 3.63) is 40.9 Å². The molecule has 120 valence electrons. The topological polar surface area (TPSA) is 35.8 Å². The predicted molar refractivity (Wildman–Crippen MR) is 96.2 cm³/mol. The molecule has 1 heterocycles. The van der Waals surface area contributed by atoms with Gasteiger partial charge in [0, 0.05) is 21.5 Å². The van der Waals surface area contributed by atoms with Crippen LogP contribution in [-0.4, -0.2) is 40.4 Å². The number of nitrogens with zero attached hydrogens (tertiary/aromatic N) is 2. The monoisotopic (exact) mass is 358 g/mol. The number of aliphatic imine (C=N–C) groups is 1. The van der Waals surface area contributed by atoms with Crippen LogP contribution in [0.15, 0.2) is 40.7 Å². The Morgan fingerprint density at radius 1 is 1.41 bits per heavy atom. The summed E-state index contributed by atoms with van der Waals surface area (Å²) in [5.41, 5.74) is 0. The summed E-state index contributed by atoms with van der Waals surface area (Å²) < 4.78 is 0. The number of aliphatic hydroxyl groups is 1. The zero-order valence-electron chi connectivity index (χ0n) is 12.7. The third kappa shape index (κ3) is 3.80. The quantitative estimate of drug-likeness (QED) is 0.768. The second kappa shape index (κ2) is 7.26. The molecule has 1 aliphatic rings. The van der Waals surface area contributed by atoms with E-state index in [0.29, 0.717) is 22.4 Å². The third-order valence-corrected chi connectivity index (χ3v) is 5.58. The van der Waals surface area contributed by atoms with Gasteiger partial charge in [0.05, 0.1) is 6.54 Å². The zero-order chi connectivity index (χ0) is 16.3. The first-order valence-corrected chi connectivity index (χ1v) is 8.68. The van der Waals surface area contributed by atoms with Gasteiger partial charge >= 0.3 is 0 Å². The van der Waals surface area contributed by atoms with Gasteiger partial charge in [-0.25, -0.2) is 0 Å². The van der Waals surface area contributed by atoms with Crippen LogP contribution >= 0.6 is 35.0 Å². The van der Waals surface area contributed by atoms with E-state index in [9.17, 15) is 5.11 Å². The second-order valence-electron chi connectivity index (χ2n) is 5.56. The molecule has 0 spiro atoms. The number of benzene rings is 1. The summed E-state index contributed by atoms with van der Waals surface area (Å²) in [5, 5.41) is 10.8. The van der Waals surface area contributed by atoms with Crippen LogP contribution in [0.4, 0.5) is 0 Å². The van der Waals surface area contributed by atoms with Crippen molar-refractivity contribution in [2.45, 2.75) is 23.6 Å². The van der Waals surface area contributed by atoms with Crippen molar-refractivity contribution in [3.8, 4) is 0 Å². The largest absolute Gasteiger partial charge is 0.388 e. The summed E-state index contributed by atoms with van der Waals surface area (Å²) >= 11 is 13.8. The molecule has 0 bridgehead atoms. The van der Waals surface area contributed by atoms with Crippen molar-refractivity contribution in [3.63, 3.8) is 0 Å². The Kier molecular flexibility index (Phi) is 5.83. The molecule has 1 aromatic carbocycles. The molecule has 0 radical (unpaired) electrons. The van der Waals surface area contributed by atoms with Gasteiger partial charge < -0.3 is 10.0 Å². The Labute approximate surface area is 146 Å². The minimum absolute atomic E-state index is 0.0703. The Balaban J connectivity index is 2.34. The van der Waals surface area contributed by atoms with Gasteiger partial charge in [0.25, 0.3) is 0 Å². The van der Waals surface area contributed by atoms with Crippen LogP contribution in [-0.2, 0) is 0 Å². The molecule has 22 heavy (non-hydrogen) atoms. The van der Waals surface area contributed by atoms with E-state index in [1.54, 1.807) is 17.8 Å². The van der Waals surface area contributed by atoms with Gasteiger partial charge in [-0.3, -0.25) is 4.99 Å². The third-order valence-electron chi connectivity index (χ3n) is 3.62. The van der Waals surface area contributed by atoms with Crippen LogP contribution in [0, 0.1) is 5.92 Å². The summed E-state index contributed by atoms with van der Waals surface area (Å²) in [7, 11) is 0. The van der Waals surface area contributed by atoms with E-state index in [1.807, 2.05) is 18.2 Å². The van der Waals surface area contributed by atoms with E-state index in [0.717, 1.165) is 11.4 Å². The maximum atomic E-state index is 9.57. The van der Waals surface area contributed by atoms with E-state index >= 15 is 0 Å². The van der Waals surface area contributed by atoms with Gasteiger partial charge in [-0.2, -0.15) is 0 Å². The Hall–Kier alpha value is -0.680. The molecule has 0 amide bonds. The number of aliphatic hydroxyl groups excluding tert-OH is 1. The number of amidine groups is 1. The summed E-state index contributed by atoms with van der Waals surface area (Å²) in [5.74, 6) is 0.987. The molecular formula is C16H20Cl2N2OS. The number of rotatable bonds is 6. The lowest BCUT2D eigenvalue weighted by atomic mass is 10.0. The molecule has 1 aromatic rings. The van der Waals surface area contributed by atoms with Gasteiger partial charge in [-0.15, -0.1) is 6.58 Å². The molecule has 0 aromatic heterocycles. The highest BCUT2D eigenvalue weighted by molar-refractivity contribution is 8.00. The Morgan fingerprint density at radius 2 is 2.05 bits per heavy atom. The molecule has 0 fully saturated rings.